The van der Waals surface area contributed by atoms with Crippen LogP contribution in [0, 0.1) is 11.3 Å². The summed E-state index contributed by atoms with van der Waals surface area (Å²) in [4.78, 5) is 14.6. The maximum atomic E-state index is 12.8. The molecule has 2 aromatic carbocycles. The van der Waals surface area contributed by atoms with E-state index in [9.17, 15) is 15.2 Å². The number of carbonyl (C=O) groups excluding carboxylic acids is 1. The first kappa shape index (κ1) is 28.2. The van der Waals surface area contributed by atoms with Crippen LogP contribution in [0.5, 0.6) is 11.5 Å². The fourth-order valence-corrected chi connectivity index (χ4v) is 3.58. The summed E-state index contributed by atoms with van der Waals surface area (Å²) in [6.07, 6.45) is 1.75. The monoisotopic (exact) mass is 481 g/mol. The molecule has 190 valence electrons. The average molecular weight is 482 g/mol. The number of hydrogen-bond donors (Lipinski definition) is 2. The van der Waals surface area contributed by atoms with E-state index in [1.165, 1.54) is 0 Å². The maximum Gasteiger partial charge on any atom is 0.253 e. The number of benzene rings is 2. The summed E-state index contributed by atoms with van der Waals surface area (Å²) >= 11 is 0. The van der Waals surface area contributed by atoms with Gasteiger partial charge in [0.25, 0.3) is 5.91 Å². The Morgan fingerprint density at radius 1 is 1.11 bits per heavy atom. The van der Waals surface area contributed by atoms with Gasteiger partial charge in [-0.2, -0.15) is 5.26 Å². The summed E-state index contributed by atoms with van der Waals surface area (Å²) in [6.45, 7) is 10.5. The molecule has 0 aliphatic carbocycles. The predicted octanol–water partition coefficient (Wildman–Crippen LogP) is 4.40. The van der Waals surface area contributed by atoms with Crippen molar-refractivity contribution in [2.75, 3.05) is 32.8 Å². The Labute approximate surface area is 209 Å². The van der Waals surface area contributed by atoms with Gasteiger partial charge >= 0.3 is 0 Å². The molecule has 0 unspecified atom stereocenters. The second-order valence-electron chi connectivity index (χ2n) is 9.26. The number of β-amino-alcohol motifs (C(OH)–C–C–N with tert-alkyl or cyclic N) is 1. The normalized spacial score (nSPS) is 12.0. The largest absolute Gasteiger partial charge is 0.494 e. The summed E-state index contributed by atoms with van der Waals surface area (Å²) in [7, 11) is 0. The van der Waals surface area contributed by atoms with Crippen LogP contribution in [-0.2, 0) is 0 Å². The third kappa shape index (κ3) is 9.59. The molecule has 0 spiro atoms. The van der Waals surface area contributed by atoms with Crippen LogP contribution in [0.1, 0.15) is 62.9 Å². The Kier molecular flexibility index (Phi) is 11.5. The third-order valence-electron chi connectivity index (χ3n) is 5.61. The molecule has 1 atom stereocenters. The molecule has 0 saturated heterocycles. The topological polar surface area (TPSA) is 94.8 Å². The van der Waals surface area contributed by atoms with Crippen molar-refractivity contribution in [1.29, 1.82) is 5.26 Å². The molecule has 0 aliphatic heterocycles. The molecule has 0 radical (unpaired) electrons. The summed E-state index contributed by atoms with van der Waals surface area (Å²) in [6, 6.07) is 16.6. The van der Waals surface area contributed by atoms with Gasteiger partial charge in [-0.05, 0) is 63.4 Å². The number of hydrogen-bond acceptors (Lipinski definition) is 6. The van der Waals surface area contributed by atoms with Crippen LogP contribution in [-0.4, -0.2) is 60.4 Å². The van der Waals surface area contributed by atoms with E-state index in [4.69, 9.17) is 9.47 Å². The molecule has 0 aromatic heterocycles. The second-order valence-corrected chi connectivity index (χ2v) is 9.26. The number of rotatable bonds is 15. The van der Waals surface area contributed by atoms with Gasteiger partial charge in [0.15, 0.2) is 0 Å². The van der Waals surface area contributed by atoms with Crippen LogP contribution in [0.4, 0.5) is 0 Å². The molecule has 2 aromatic rings. The van der Waals surface area contributed by atoms with Crippen molar-refractivity contribution in [3.05, 3.63) is 59.7 Å². The zero-order valence-corrected chi connectivity index (χ0v) is 21.4. The van der Waals surface area contributed by atoms with E-state index in [1.807, 2.05) is 44.2 Å². The lowest BCUT2D eigenvalue weighted by atomic mass is 10.0. The number of nitrogens with zero attached hydrogens (tertiary/aromatic N) is 2. The molecule has 0 fully saturated rings. The molecule has 2 N–H and O–H groups in total. The number of aliphatic hydroxyl groups excluding tert-OH is 1. The Balaban J connectivity index is 1.85. The van der Waals surface area contributed by atoms with Crippen LogP contribution in [0.15, 0.2) is 48.5 Å². The molecule has 35 heavy (non-hydrogen) atoms. The molecule has 7 nitrogen and oxygen atoms in total. The highest BCUT2D eigenvalue weighted by Gasteiger charge is 2.20. The van der Waals surface area contributed by atoms with Crippen LogP contribution >= 0.6 is 0 Å². The van der Waals surface area contributed by atoms with Gasteiger partial charge in [-0.1, -0.05) is 32.0 Å². The Morgan fingerprint density at radius 2 is 1.80 bits per heavy atom. The highest BCUT2D eigenvalue weighted by molar-refractivity contribution is 5.94. The van der Waals surface area contributed by atoms with Gasteiger partial charge in [0.2, 0.25) is 0 Å². The first-order chi connectivity index (χ1) is 16.8. The molecule has 1 amide bonds. The van der Waals surface area contributed by atoms with Crippen LogP contribution in [0.2, 0.25) is 0 Å². The fraction of sp³-hybridized carbons (Fsp3) is 0.500. The van der Waals surface area contributed by atoms with Crippen LogP contribution in [0.3, 0.4) is 0 Å². The minimum Gasteiger partial charge on any atom is -0.494 e. The number of ether oxygens (including phenoxy) is 2. The predicted molar refractivity (Wildman–Crippen MR) is 138 cm³/mol. The van der Waals surface area contributed by atoms with E-state index < -0.39 is 6.10 Å². The van der Waals surface area contributed by atoms with Gasteiger partial charge in [0.05, 0.1) is 12.2 Å². The number of nitrogens with one attached hydrogen (secondary N) is 1. The Hall–Kier alpha value is -3.08. The van der Waals surface area contributed by atoms with Gasteiger partial charge in [0.1, 0.15) is 30.3 Å². The van der Waals surface area contributed by atoms with Crippen molar-refractivity contribution in [2.24, 2.45) is 0 Å². The molecular weight excluding hydrogens is 442 g/mol. The highest BCUT2D eigenvalue weighted by Crippen LogP contribution is 2.21. The molecule has 0 saturated carbocycles. The molecule has 0 bridgehead atoms. The lowest BCUT2D eigenvalue weighted by Crippen LogP contribution is -2.45. The first-order valence-corrected chi connectivity index (χ1v) is 12.4. The van der Waals surface area contributed by atoms with Crippen molar-refractivity contribution in [3.63, 3.8) is 0 Å². The zero-order valence-electron chi connectivity index (χ0n) is 21.4. The second kappa shape index (κ2) is 14.3. The fourth-order valence-electron chi connectivity index (χ4n) is 3.58. The van der Waals surface area contributed by atoms with Gasteiger partial charge < -0.3 is 24.8 Å². The van der Waals surface area contributed by atoms with Crippen molar-refractivity contribution < 1.29 is 19.4 Å². The lowest BCUT2D eigenvalue weighted by Gasteiger charge is -2.28. The number of aliphatic hydroxyl groups is 1. The van der Waals surface area contributed by atoms with E-state index in [0.29, 0.717) is 37.6 Å². The number of amides is 1. The average Bonchev–Trinajstić information content (AvgIpc) is 2.86. The zero-order chi connectivity index (χ0) is 25.7. The summed E-state index contributed by atoms with van der Waals surface area (Å²) in [5.41, 5.74) is 0.512. The molecule has 0 heterocycles. The smallest absolute Gasteiger partial charge is 0.253 e. The lowest BCUT2D eigenvalue weighted by molar-refractivity contribution is 0.0755. The Morgan fingerprint density at radius 3 is 2.43 bits per heavy atom. The van der Waals surface area contributed by atoms with Crippen molar-refractivity contribution in [3.8, 4) is 17.6 Å². The van der Waals surface area contributed by atoms with Gasteiger partial charge in [-0.15, -0.1) is 0 Å². The Bertz CT molecular complexity index is 950. The van der Waals surface area contributed by atoms with Gasteiger partial charge in [-0.25, -0.2) is 0 Å². The maximum absolute atomic E-state index is 12.8. The summed E-state index contributed by atoms with van der Waals surface area (Å²) in [5, 5.41) is 23.3. The summed E-state index contributed by atoms with van der Waals surface area (Å²) in [5.74, 6) is 1.11. The third-order valence-corrected chi connectivity index (χ3v) is 5.61. The summed E-state index contributed by atoms with van der Waals surface area (Å²) < 4.78 is 11.5. The quantitative estimate of drug-likeness (QED) is 0.392. The SMILES string of the molecule is CCCN(CCC)C(=O)c1ccc(OC[C@H](O)CNC(C)(C)CCOc2ccccc2)c(C#N)c1. The van der Waals surface area contributed by atoms with Gasteiger partial charge in [-0.3, -0.25) is 4.79 Å². The molecule has 2 rings (SSSR count). The van der Waals surface area contributed by atoms with E-state index in [-0.39, 0.29) is 23.6 Å². The molecule has 0 aliphatic rings. The minimum atomic E-state index is -0.762. The van der Waals surface area contributed by atoms with Crippen LogP contribution < -0.4 is 14.8 Å². The standard InChI is InChI=1S/C28H39N3O4/c1-5-15-31(16-6-2)27(33)22-12-13-26(23(18-22)19-29)35-21-24(32)20-30-28(3,4)14-17-34-25-10-8-7-9-11-25/h7-13,18,24,30,32H,5-6,14-17,20-21H2,1-4H3/t24-/m1/s1. The number of carbonyl (C=O) groups is 1. The molecule has 7 heteroatoms. The van der Waals surface area contributed by atoms with Crippen LogP contribution in [0.25, 0.3) is 0 Å². The van der Waals surface area contributed by atoms with E-state index in [1.54, 1.807) is 23.1 Å². The van der Waals surface area contributed by atoms with E-state index in [0.717, 1.165) is 25.0 Å². The van der Waals surface area contributed by atoms with Gasteiger partial charge in [0, 0.05) is 30.7 Å². The van der Waals surface area contributed by atoms with Crippen molar-refractivity contribution in [2.45, 2.75) is 58.6 Å². The van der Waals surface area contributed by atoms with E-state index in [2.05, 4.69) is 25.2 Å². The first-order valence-electron chi connectivity index (χ1n) is 12.4. The number of nitriles is 1. The number of para-hydroxylation sites is 1. The van der Waals surface area contributed by atoms with Crippen molar-refractivity contribution in [1.82, 2.24) is 10.2 Å². The van der Waals surface area contributed by atoms with Crippen molar-refractivity contribution >= 4 is 5.91 Å². The minimum absolute atomic E-state index is 0.0311. The molecular formula is C28H39N3O4. The van der Waals surface area contributed by atoms with E-state index >= 15 is 0 Å². The highest BCUT2D eigenvalue weighted by atomic mass is 16.5.